The molecule has 4 heterocycles. The quantitative estimate of drug-likeness (QED) is 0.409. The molecule has 7 heteroatoms. The topological polar surface area (TPSA) is 83.5 Å². The lowest BCUT2D eigenvalue weighted by molar-refractivity contribution is 0.103. The van der Waals surface area contributed by atoms with Gasteiger partial charge in [-0.15, -0.1) is 0 Å². The van der Waals surface area contributed by atoms with Crippen LogP contribution in [0.25, 0.3) is 23.8 Å². The molecule has 0 unspecified atom stereocenters. The van der Waals surface area contributed by atoms with Crippen molar-refractivity contribution in [3.8, 4) is 11.1 Å². The van der Waals surface area contributed by atoms with Crippen LogP contribution >= 0.6 is 11.6 Å². The van der Waals surface area contributed by atoms with Gasteiger partial charge in [-0.3, -0.25) is 14.6 Å². The Balaban J connectivity index is 1.64. The number of carbonyl (C=O) groups excluding carboxylic acids is 1. The Bertz CT molecular complexity index is 1730. The van der Waals surface area contributed by atoms with Gasteiger partial charge in [0.1, 0.15) is 5.48 Å². The molecule has 0 saturated carbocycles. The minimum atomic E-state index is -0.223. The summed E-state index contributed by atoms with van der Waals surface area (Å²) < 4.78 is 1.82. The highest BCUT2D eigenvalue weighted by molar-refractivity contribution is 6.30. The maximum Gasteiger partial charge on any atom is 0.257 e. The Morgan fingerprint density at radius 1 is 1.06 bits per heavy atom. The number of carbonyl (C=O) groups is 1. The van der Waals surface area contributed by atoms with E-state index >= 15 is 0 Å². The number of H-pyrrole nitrogens is 2. The molecule has 0 spiro atoms. The molecule has 33 heavy (non-hydrogen) atoms. The highest BCUT2D eigenvalue weighted by atomic mass is 35.5. The van der Waals surface area contributed by atoms with Gasteiger partial charge in [-0.25, -0.2) is 0 Å². The van der Waals surface area contributed by atoms with Crippen molar-refractivity contribution in [1.82, 2.24) is 19.5 Å². The molecule has 2 aromatic heterocycles. The fraction of sp³-hybridized carbons (Fsp3) is 0.0385. The van der Waals surface area contributed by atoms with E-state index in [4.69, 9.17) is 11.6 Å². The Labute approximate surface area is 193 Å². The van der Waals surface area contributed by atoms with Crippen LogP contribution in [0.4, 0.5) is 0 Å². The van der Waals surface area contributed by atoms with E-state index in [1.165, 1.54) is 0 Å². The third kappa shape index (κ3) is 3.81. The van der Waals surface area contributed by atoms with E-state index in [1.807, 2.05) is 29.8 Å². The number of hydrogen-bond donors (Lipinski definition) is 2. The van der Waals surface area contributed by atoms with Crippen molar-refractivity contribution in [3.63, 3.8) is 0 Å². The van der Waals surface area contributed by atoms with Gasteiger partial charge in [0.2, 0.25) is 0 Å². The molecule has 0 radical (unpaired) electrons. The lowest BCUT2D eigenvalue weighted by atomic mass is 10.1. The van der Waals surface area contributed by atoms with Gasteiger partial charge in [0, 0.05) is 63.6 Å². The van der Waals surface area contributed by atoms with Gasteiger partial charge in [0.15, 0.2) is 5.78 Å². The lowest BCUT2D eigenvalue weighted by Crippen LogP contribution is -2.22. The zero-order chi connectivity index (χ0) is 23.1. The average molecular weight is 455 g/mol. The first-order chi connectivity index (χ1) is 15.9. The third-order valence-corrected chi connectivity index (χ3v) is 5.88. The highest BCUT2D eigenvalue weighted by Crippen LogP contribution is 2.17. The molecule has 0 saturated heterocycles. The Morgan fingerprint density at radius 3 is 2.52 bits per heavy atom. The fourth-order valence-electron chi connectivity index (χ4n) is 3.90. The molecule has 0 atom stereocenters. The van der Waals surface area contributed by atoms with Gasteiger partial charge in [-0.2, -0.15) is 0 Å². The summed E-state index contributed by atoms with van der Waals surface area (Å²) in [5.74, 6) is -0.113. The summed E-state index contributed by atoms with van der Waals surface area (Å²) in [5, 5.41) is 2.51. The minimum absolute atomic E-state index is 0.113. The molecular weight excluding hydrogens is 436 g/mol. The van der Waals surface area contributed by atoms with Crippen molar-refractivity contribution >= 4 is 30.0 Å². The lowest BCUT2D eigenvalue weighted by Gasteiger charge is -2.02. The van der Waals surface area contributed by atoms with Gasteiger partial charge in [0.25, 0.3) is 5.56 Å². The van der Waals surface area contributed by atoms with Crippen molar-refractivity contribution in [2.75, 3.05) is 0 Å². The van der Waals surface area contributed by atoms with E-state index in [-0.39, 0.29) is 11.3 Å². The second-order valence-electron chi connectivity index (χ2n) is 7.80. The van der Waals surface area contributed by atoms with Crippen LogP contribution in [-0.4, -0.2) is 25.3 Å². The molecule has 6 nitrogen and oxygen atoms in total. The van der Waals surface area contributed by atoms with Crippen molar-refractivity contribution in [2.45, 2.75) is 0 Å². The average Bonchev–Trinajstić information content (AvgIpc) is 3.33. The fourth-order valence-corrected chi connectivity index (χ4v) is 4.03. The highest BCUT2D eigenvalue weighted by Gasteiger charge is 2.13. The Morgan fingerprint density at radius 2 is 1.79 bits per heavy atom. The molecule has 0 aliphatic carbocycles. The maximum atomic E-state index is 12.9. The predicted molar refractivity (Wildman–Crippen MR) is 129 cm³/mol. The monoisotopic (exact) mass is 454 g/mol. The molecule has 0 bridgehead atoms. The SMILES string of the molecule is C=c1[nH]c2[nH]c(=O)c(=Cc3cc(C(=O)c4ccc(Cl)cc4)cn3C)c=2cc1-c1ccncc1. The molecular formula is C26H19ClN4O2. The molecule has 162 valence electrons. The Hall–Kier alpha value is -4.16. The number of benzene rings is 1. The number of nitrogens with zero attached hydrogens (tertiary/aromatic N) is 2. The summed E-state index contributed by atoms with van der Waals surface area (Å²) in [6.07, 6.45) is 6.97. The van der Waals surface area contributed by atoms with Gasteiger partial charge in [-0.1, -0.05) is 18.2 Å². The Kier molecular flexibility index (Phi) is 5.07. The summed E-state index contributed by atoms with van der Waals surface area (Å²) in [5.41, 5.74) is 4.01. The largest absolute Gasteiger partial charge is 0.350 e. The van der Waals surface area contributed by atoms with E-state index in [0.717, 1.165) is 22.0 Å². The maximum absolute atomic E-state index is 12.9. The van der Waals surface area contributed by atoms with Gasteiger partial charge < -0.3 is 14.5 Å². The summed E-state index contributed by atoms with van der Waals surface area (Å²) in [7, 11) is 1.84. The van der Waals surface area contributed by atoms with E-state index in [1.54, 1.807) is 55.0 Å². The van der Waals surface area contributed by atoms with Crippen molar-refractivity contribution in [2.24, 2.45) is 7.05 Å². The van der Waals surface area contributed by atoms with Crippen LogP contribution in [-0.2, 0) is 7.05 Å². The number of nitrogens with one attached hydrogen (secondary N) is 2. The number of hydrogen-bond acceptors (Lipinski definition) is 3. The van der Waals surface area contributed by atoms with E-state index in [9.17, 15) is 9.59 Å². The first-order valence-corrected chi connectivity index (χ1v) is 10.6. The van der Waals surface area contributed by atoms with E-state index < -0.39 is 0 Å². The molecule has 2 aliphatic heterocycles. The summed E-state index contributed by atoms with van der Waals surface area (Å²) >= 11 is 5.93. The van der Waals surface area contributed by atoms with Crippen molar-refractivity contribution in [3.05, 3.63) is 121 Å². The van der Waals surface area contributed by atoms with Crippen LogP contribution < -0.4 is 16.1 Å². The molecule has 3 aromatic rings. The first-order valence-electron chi connectivity index (χ1n) is 10.2. The van der Waals surface area contributed by atoms with E-state index in [2.05, 4.69) is 21.5 Å². The van der Waals surface area contributed by atoms with Crippen LogP contribution in [0.1, 0.15) is 21.6 Å². The minimum Gasteiger partial charge on any atom is -0.350 e. The number of aromatic amines is 2. The number of aromatic nitrogens is 4. The second kappa shape index (κ2) is 8.07. The van der Waals surface area contributed by atoms with Crippen LogP contribution in [0.3, 0.4) is 0 Å². The van der Waals surface area contributed by atoms with Crippen molar-refractivity contribution < 1.29 is 4.79 Å². The third-order valence-electron chi connectivity index (χ3n) is 5.63. The number of pyridine rings is 1. The molecule has 0 amide bonds. The van der Waals surface area contributed by atoms with Gasteiger partial charge >= 0.3 is 0 Å². The smallest absolute Gasteiger partial charge is 0.257 e. The zero-order valence-corrected chi connectivity index (χ0v) is 18.5. The molecule has 1 aromatic carbocycles. The molecule has 2 N–H and O–H groups in total. The number of aryl methyl sites for hydroxylation is 1. The zero-order valence-electron chi connectivity index (χ0n) is 17.7. The molecule has 2 aliphatic rings. The summed E-state index contributed by atoms with van der Waals surface area (Å²) in [6.45, 7) is 4.08. The molecule has 0 fully saturated rings. The normalized spacial score (nSPS) is 11.9. The van der Waals surface area contributed by atoms with Crippen molar-refractivity contribution in [1.29, 1.82) is 0 Å². The van der Waals surface area contributed by atoms with Crippen LogP contribution in [0.5, 0.6) is 0 Å². The van der Waals surface area contributed by atoms with Crippen LogP contribution in [0.15, 0.2) is 71.9 Å². The summed E-state index contributed by atoms with van der Waals surface area (Å²) in [6, 6.07) is 14.3. The van der Waals surface area contributed by atoms with Crippen LogP contribution in [0, 0.1) is 10.7 Å². The number of halogens is 1. The predicted octanol–water partition coefficient (Wildman–Crippen LogP) is 2.95. The number of rotatable bonds is 4. The van der Waals surface area contributed by atoms with E-state index in [0.29, 0.717) is 32.2 Å². The standard InChI is InChI=1S/C26H19ClN4O2/c1-15-21(16-7-9-28-10-8-16)13-22-23(26(33)30-25(22)29-15)12-20-11-18(14-31(20)2)24(32)17-3-5-19(27)6-4-17/h3-14,29H,1H2,2H3,(H,30,33). The first kappa shape index (κ1) is 20.7. The molecule has 5 rings (SSSR count). The summed E-state index contributed by atoms with van der Waals surface area (Å²) in [4.78, 5) is 35.8. The second-order valence-corrected chi connectivity index (χ2v) is 8.24. The van der Waals surface area contributed by atoms with Gasteiger partial charge in [0.05, 0.1) is 5.22 Å². The number of ketones is 1. The van der Waals surface area contributed by atoms with Gasteiger partial charge in [-0.05, 0) is 60.2 Å². The van der Waals surface area contributed by atoms with Crippen LogP contribution in [0.2, 0.25) is 5.02 Å².